The smallest absolute Gasteiger partial charge is 0.228 e. The van der Waals surface area contributed by atoms with Gasteiger partial charge in [-0.25, -0.2) is 4.98 Å². The Morgan fingerprint density at radius 2 is 1.74 bits per heavy atom. The summed E-state index contributed by atoms with van der Waals surface area (Å²) in [7, 11) is 0. The predicted octanol–water partition coefficient (Wildman–Crippen LogP) is 4.92. The number of nitrogens with one attached hydrogen (secondary N) is 1. The first-order chi connectivity index (χ1) is 13.2. The van der Waals surface area contributed by atoms with E-state index < -0.39 is 0 Å². The molecule has 138 valence electrons. The fraction of sp³-hybridized carbons (Fsp3) is 0.304. The lowest BCUT2D eigenvalue weighted by Crippen LogP contribution is -2.32. The van der Waals surface area contributed by atoms with Gasteiger partial charge in [0.05, 0.1) is 5.69 Å². The summed E-state index contributed by atoms with van der Waals surface area (Å²) in [5.74, 6) is 1.70. The number of anilines is 2. The molecule has 0 spiro atoms. The van der Waals surface area contributed by atoms with Crippen LogP contribution in [0.5, 0.6) is 0 Å². The molecule has 1 N–H and O–H groups in total. The number of benzene rings is 2. The van der Waals surface area contributed by atoms with Gasteiger partial charge in [0, 0.05) is 30.8 Å². The standard InChI is InChI=1S/C23H26N4/c1-3-17(2)24-22-15-21(19-10-5-4-6-11-19)25-23(26-22)27-14-13-18-9-7-8-12-20(18)16-27/h4-12,15,17H,3,13-14,16H2,1-2H3,(H,24,25,26). The molecule has 3 aromatic rings. The number of nitrogens with zero attached hydrogens (tertiary/aromatic N) is 3. The van der Waals surface area contributed by atoms with Crippen molar-refractivity contribution in [2.45, 2.75) is 39.3 Å². The fourth-order valence-corrected chi connectivity index (χ4v) is 3.43. The molecule has 1 unspecified atom stereocenters. The minimum atomic E-state index is 0.374. The first kappa shape index (κ1) is 17.5. The number of aromatic nitrogens is 2. The summed E-state index contributed by atoms with van der Waals surface area (Å²) in [4.78, 5) is 12.0. The van der Waals surface area contributed by atoms with Crippen LogP contribution in [0.2, 0.25) is 0 Å². The Hall–Kier alpha value is -2.88. The molecule has 0 radical (unpaired) electrons. The molecule has 0 fully saturated rings. The van der Waals surface area contributed by atoms with Crippen molar-refractivity contribution in [3.05, 3.63) is 71.8 Å². The molecular formula is C23H26N4. The quantitative estimate of drug-likeness (QED) is 0.703. The van der Waals surface area contributed by atoms with Crippen LogP contribution in [-0.2, 0) is 13.0 Å². The monoisotopic (exact) mass is 358 g/mol. The third kappa shape index (κ3) is 3.95. The highest BCUT2D eigenvalue weighted by Crippen LogP contribution is 2.27. The van der Waals surface area contributed by atoms with E-state index in [1.807, 2.05) is 6.07 Å². The highest BCUT2D eigenvalue weighted by atomic mass is 15.3. The lowest BCUT2D eigenvalue weighted by Gasteiger charge is -2.29. The van der Waals surface area contributed by atoms with Crippen molar-refractivity contribution in [2.24, 2.45) is 0 Å². The molecule has 0 saturated carbocycles. The molecule has 2 aromatic carbocycles. The predicted molar refractivity (Wildman–Crippen MR) is 112 cm³/mol. The van der Waals surface area contributed by atoms with Gasteiger partial charge in [-0.05, 0) is 30.9 Å². The van der Waals surface area contributed by atoms with Crippen LogP contribution in [0.3, 0.4) is 0 Å². The molecule has 1 atom stereocenters. The Balaban J connectivity index is 1.70. The number of hydrogen-bond donors (Lipinski definition) is 1. The van der Waals surface area contributed by atoms with Crippen LogP contribution in [0.4, 0.5) is 11.8 Å². The van der Waals surface area contributed by atoms with Gasteiger partial charge in [-0.2, -0.15) is 4.98 Å². The Bertz CT molecular complexity index is 907. The second kappa shape index (κ2) is 7.78. The maximum Gasteiger partial charge on any atom is 0.228 e. The van der Waals surface area contributed by atoms with Crippen molar-refractivity contribution >= 4 is 11.8 Å². The molecule has 0 amide bonds. The Morgan fingerprint density at radius 3 is 2.52 bits per heavy atom. The van der Waals surface area contributed by atoms with E-state index in [0.717, 1.165) is 49.0 Å². The average Bonchev–Trinajstić information content (AvgIpc) is 2.73. The largest absolute Gasteiger partial charge is 0.367 e. The molecule has 0 saturated heterocycles. The second-order valence-electron chi connectivity index (χ2n) is 7.20. The van der Waals surface area contributed by atoms with E-state index in [9.17, 15) is 0 Å². The van der Waals surface area contributed by atoms with Gasteiger partial charge in [0.15, 0.2) is 0 Å². The lowest BCUT2D eigenvalue weighted by atomic mass is 10.0. The maximum absolute atomic E-state index is 4.91. The van der Waals surface area contributed by atoms with Gasteiger partial charge < -0.3 is 10.2 Å². The topological polar surface area (TPSA) is 41.1 Å². The molecule has 0 bridgehead atoms. The van der Waals surface area contributed by atoms with Gasteiger partial charge in [0.25, 0.3) is 0 Å². The third-order valence-corrected chi connectivity index (χ3v) is 5.20. The van der Waals surface area contributed by atoms with Crippen molar-refractivity contribution in [3.8, 4) is 11.3 Å². The van der Waals surface area contributed by atoms with Crippen LogP contribution in [0.25, 0.3) is 11.3 Å². The second-order valence-corrected chi connectivity index (χ2v) is 7.20. The minimum Gasteiger partial charge on any atom is -0.367 e. The molecule has 2 heterocycles. The van der Waals surface area contributed by atoms with E-state index in [-0.39, 0.29) is 0 Å². The summed E-state index contributed by atoms with van der Waals surface area (Å²) in [5, 5.41) is 3.52. The molecule has 4 rings (SSSR count). The summed E-state index contributed by atoms with van der Waals surface area (Å²) < 4.78 is 0. The molecule has 1 aromatic heterocycles. The zero-order valence-corrected chi connectivity index (χ0v) is 16.0. The maximum atomic E-state index is 4.91. The van der Waals surface area contributed by atoms with E-state index >= 15 is 0 Å². The van der Waals surface area contributed by atoms with Crippen molar-refractivity contribution in [3.63, 3.8) is 0 Å². The molecular weight excluding hydrogens is 332 g/mol. The minimum absolute atomic E-state index is 0.374. The van der Waals surface area contributed by atoms with Crippen LogP contribution in [0.1, 0.15) is 31.4 Å². The van der Waals surface area contributed by atoms with E-state index in [1.54, 1.807) is 0 Å². The summed E-state index contributed by atoms with van der Waals surface area (Å²) in [5.41, 5.74) is 4.89. The first-order valence-corrected chi connectivity index (χ1v) is 9.75. The summed E-state index contributed by atoms with van der Waals surface area (Å²) in [6.45, 7) is 6.16. The van der Waals surface area contributed by atoms with E-state index in [0.29, 0.717) is 6.04 Å². The summed E-state index contributed by atoms with van der Waals surface area (Å²) >= 11 is 0. The van der Waals surface area contributed by atoms with Gasteiger partial charge in [0.1, 0.15) is 5.82 Å². The zero-order valence-electron chi connectivity index (χ0n) is 16.0. The van der Waals surface area contributed by atoms with Crippen LogP contribution in [0.15, 0.2) is 60.7 Å². The Morgan fingerprint density at radius 1 is 1.00 bits per heavy atom. The van der Waals surface area contributed by atoms with Crippen molar-refractivity contribution in [2.75, 3.05) is 16.8 Å². The van der Waals surface area contributed by atoms with Crippen LogP contribution in [0, 0.1) is 0 Å². The molecule has 27 heavy (non-hydrogen) atoms. The Kier molecular flexibility index (Phi) is 5.05. The lowest BCUT2D eigenvalue weighted by molar-refractivity contribution is 0.705. The van der Waals surface area contributed by atoms with E-state index in [1.165, 1.54) is 11.1 Å². The molecule has 4 nitrogen and oxygen atoms in total. The summed E-state index contributed by atoms with van der Waals surface area (Å²) in [6.07, 6.45) is 2.08. The van der Waals surface area contributed by atoms with Crippen LogP contribution in [-0.4, -0.2) is 22.6 Å². The van der Waals surface area contributed by atoms with E-state index in [4.69, 9.17) is 9.97 Å². The van der Waals surface area contributed by atoms with Crippen molar-refractivity contribution in [1.82, 2.24) is 9.97 Å². The van der Waals surface area contributed by atoms with Crippen molar-refractivity contribution < 1.29 is 0 Å². The van der Waals surface area contributed by atoms with Gasteiger partial charge >= 0.3 is 0 Å². The number of hydrogen-bond acceptors (Lipinski definition) is 4. The van der Waals surface area contributed by atoms with Gasteiger partial charge in [0.2, 0.25) is 5.95 Å². The van der Waals surface area contributed by atoms with Crippen LogP contribution >= 0.6 is 0 Å². The normalized spacial score (nSPS) is 14.5. The number of rotatable bonds is 5. The molecule has 0 aliphatic carbocycles. The average molecular weight is 358 g/mol. The Labute approximate surface area is 161 Å². The van der Waals surface area contributed by atoms with Gasteiger partial charge in [-0.15, -0.1) is 0 Å². The highest BCUT2D eigenvalue weighted by Gasteiger charge is 2.20. The fourth-order valence-electron chi connectivity index (χ4n) is 3.43. The van der Waals surface area contributed by atoms with Crippen molar-refractivity contribution in [1.29, 1.82) is 0 Å². The van der Waals surface area contributed by atoms with Gasteiger partial charge in [-0.3, -0.25) is 0 Å². The SMILES string of the molecule is CCC(C)Nc1cc(-c2ccccc2)nc(N2CCc3ccccc3C2)n1. The van der Waals surface area contributed by atoms with E-state index in [2.05, 4.69) is 78.7 Å². The van der Waals surface area contributed by atoms with Crippen LogP contribution < -0.4 is 10.2 Å². The molecule has 1 aliphatic heterocycles. The summed E-state index contributed by atoms with van der Waals surface area (Å²) in [6, 6.07) is 21.4. The zero-order chi connectivity index (χ0) is 18.6. The molecule has 1 aliphatic rings. The highest BCUT2D eigenvalue weighted by molar-refractivity contribution is 5.64. The van der Waals surface area contributed by atoms with Gasteiger partial charge in [-0.1, -0.05) is 61.5 Å². The first-order valence-electron chi connectivity index (χ1n) is 9.75. The molecule has 4 heteroatoms. The number of fused-ring (bicyclic) bond motifs is 1. The third-order valence-electron chi connectivity index (χ3n) is 5.20.